The van der Waals surface area contributed by atoms with Crippen molar-refractivity contribution in [3.05, 3.63) is 23.5 Å². The molecule has 21 heavy (non-hydrogen) atoms. The first kappa shape index (κ1) is 17.9. The molecule has 7 heteroatoms. The Morgan fingerprint density at radius 1 is 1.24 bits per heavy atom. The Bertz CT molecular complexity index is 546. The van der Waals surface area contributed by atoms with Gasteiger partial charge in [0.25, 0.3) is 0 Å². The zero-order valence-electron chi connectivity index (χ0n) is 13.3. The standard InChI is InChI=1S/C14H26N4O2S/c1-5-9-15-10-6-11-18(4)21(19,20)17-14-8-7-12(2)16-13(14)3/h7-8,15,17H,5-6,9-11H2,1-4H3. The van der Waals surface area contributed by atoms with E-state index in [1.165, 1.54) is 4.31 Å². The predicted octanol–water partition coefficient (Wildman–Crippen LogP) is 1.68. The van der Waals surface area contributed by atoms with Crippen molar-refractivity contribution in [2.45, 2.75) is 33.6 Å². The Hall–Kier alpha value is -1.18. The smallest absolute Gasteiger partial charge is 0.301 e. The average molecular weight is 314 g/mol. The normalized spacial score (nSPS) is 11.9. The largest absolute Gasteiger partial charge is 0.317 e. The molecule has 0 aromatic carbocycles. The minimum Gasteiger partial charge on any atom is -0.317 e. The van der Waals surface area contributed by atoms with Crippen LogP contribution in [-0.4, -0.2) is 44.4 Å². The van der Waals surface area contributed by atoms with E-state index in [-0.39, 0.29) is 0 Å². The molecule has 0 fully saturated rings. The van der Waals surface area contributed by atoms with Crippen molar-refractivity contribution in [1.29, 1.82) is 0 Å². The third kappa shape index (κ3) is 5.99. The number of aromatic nitrogens is 1. The van der Waals surface area contributed by atoms with E-state index < -0.39 is 10.2 Å². The third-order valence-corrected chi connectivity index (χ3v) is 4.61. The SMILES string of the molecule is CCCNCCCN(C)S(=O)(=O)Nc1ccc(C)nc1C. The maximum absolute atomic E-state index is 12.2. The van der Waals surface area contributed by atoms with Crippen LogP contribution in [0, 0.1) is 13.8 Å². The highest BCUT2D eigenvalue weighted by molar-refractivity contribution is 7.90. The maximum atomic E-state index is 12.2. The molecule has 0 saturated heterocycles. The van der Waals surface area contributed by atoms with Gasteiger partial charge in [0.1, 0.15) is 0 Å². The fourth-order valence-corrected chi connectivity index (χ4v) is 2.88. The first-order chi connectivity index (χ1) is 9.86. The second-order valence-corrected chi connectivity index (χ2v) is 6.90. The summed E-state index contributed by atoms with van der Waals surface area (Å²) >= 11 is 0. The molecular weight excluding hydrogens is 288 g/mol. The van der Waals surface area contributed by atoms with Crippen molar-refractivity contribution >= 4 is 15.9 Å². The van der Waals surface area contributed by atoms with Crippen LogP contribution < -0.4 is 10.0 Å². The van der Waals surface area contributed by atoms with Crippen LogP contribution in [0.15, 0.2) is 12.1 Å². The van der Waals surface area contributed by atoms with Gasteiger partial charge in [-0.05, 0) is 51.9 Å². The van der Waals surface area contributed by atoms with Crippen LogP contribution >= 0.6 is 0 Å². The molecule has 0 radical (unpaired) electrons. The number of nitrogens with zero attached hydrogens (tertiary/aromatic N) is 2. The summed E-state index contributed by atoms with van der Waals surface area (Å²) < 4.78 is 28.4. The summed E-state index contributed by atoms with van der Waals surface area (Å²) in [4.78, 5) is 4.26. The minimum absolute atomic E-state index is 0.477. The van der Waals surface area contributed by atoms with E-state index in [1.54, 1.807) is 26.1 Å². The second kappa shape index (κ2) is 8.31. The zero-order chi connectivity index (χ0) is 15.9. The van der Waals surface area contributed by atoms with E-state index in [2.05, 4.69) is 21.9 Å². The van der Waals surface area contributed by atoms with Crippen LogP contribution in [0.4, 0.5) is 5.69 Å². The van der Waals surface area contributed by atoms with Gasteiger partial charge in [0, 0.05) is 19.3 Å². The lowest BCUT2D eigenvalue weighted by atomic mass is 10.3. The van der Waals surface area contributed by atoms with Crippen molar-refractivity contribution in [2.75, 3.05) is 31.4 Å². The van der Waals surface area contributed by atoms with Crippen molar-refractivity contribution in [3.8, 4) is 0 Å². The molecule has 0 aliphatic carbocycles. The van der Waals surface area contributed by atoms with Gasteiger partial charge in [-0.1, -0.05) is 6.92 Å². The van der Waals surface area contributed by atoms with Crippen LogP contribution in [0.2, 0.25) is 0 Å². The molecule has 0 amide bonds. The lowest BCUT2D eigenvalue weighted by Gasteiger charge is -2.19. The Morgan fingerprint density at radius 2 is 1.95 bits per heavy atom. The molecule has 1 aromatic rings. The fourth-order valence-electron chi connectivity index (χ4n) is 1.86. The van der Waals surface area contributed by atoms with Gasteiger partial charge in [-0.2, -0.15) is 12.7 Å². The number of hydrogen-bond acceptors (Lipinski definition) is 4. The molecule has 0 unspecified atom stereocenters. The Labute approximate surface area is 128 Å². The van der Waals surface area contributed by atoms with Gasteiger partial charge < -0.3 is 5.32 Å². The topological polar surface area (TPSA) is 74.3 Å². The zero-order valence-corrected chi connectivity index (χ0v) is 14.1. The Morgan fingerprint density at radius 3 is 2.57 bits per heavy atom. The lowest BCUT2D eigenvalue weighted by Crippen LogP contribution is -2.34. The van der Waals surface area contributed by atoms with Crippen LogP contribution in [0.3, 0.4) is 0 Å². The van der Waals surface area contributed by atoms with Crippen molar-refractivity contribution in [2.24, 2.45) is 0 Å². The lowest BCUT2D eigenvalue weighted by molar-refractivity contribution is 0.458. The molecule has 1 rings (SSSR count). The molecule has 0 spiro atoms. The summed E-state index contributed by atoms with van der Waals surface area (Å²) in [5.74, 6) is 0. The van der Waals surface area contributed by atoms with Gasteiger partial charge >= 0.3 is 10.2 Å². The van der Waals surface area contributed by atoms with Crippen molar-refractivity contribution in [1.82, 2.24) is 14.6 Å². The molecule has 0 aliphatic heterocycles. The summed E-state index contributed by atoms with van der Waals surface area (Å²) in [6.45, 7) is 8.03. The summed E-state index contributed by atoms with van der Waals surface area (Å²) in [5, 5.41) is 3.26. The number of rotatable bonds is 9. The van der Waals surface area contributed by atoms with Crippen LogP contribution in [-0.2, 0) is 10.2 Å². The first-order valence-corrected chi connectivity index (χ1v) is 8.70. The Balaban J connectivity index is 2.55. The van der Waals surface area contributed by atoms with E-state index in [1.807, 2.05) is 6.92 Å². The van der Waals surface area contributed by atoms with Gasteiger partial charge in [0.2, 0.25) is 0 Å². The van der Waals surface area contributed by atoms with Crippen LogP contribution in [0.1, 0.15) is 31.2 Å². The molecule has 0 atom stereocenters. The average Bonchev–Trinajstić information content (AvgIpc) is 2.41. The second-order valence-electron chi connectivity index (χ2n) is 5.12. The molecule has 1 heterocycles. The first-order valence-electron chi connectivity index (χ1n) is 7.26. The quantitative estimate of drug-likeness (QED) is 0.680. The predicted molar refractivity (Wildman–Crippen MR) is 86.7 cm³/mol. The van der Waals surface area contributed by atoms with E-state index in [4.69, 9.17) is 0 Å². The summed E-state index contributed by atoms with van der Waals surface area (Å²) in [7, 11) is -1.94. The van der Waals surface area contributed by atoms with Crippen LogP contribution in [0.5, 0.6) is 0 Å². The summed E-state index contributed by atoms with van der Waals surface area (Å²) in [6, 6.07) is 3.53. The molecule has 6 nitrogen and oxygen atoms in total. The molecule has 2 N–H and O–H groups in total. The monoisotopic (exact) mass is 314 g/mol. The van der Waals surface area contributed by atoms with E-state index in [0.29, 0.717) is 17.9 Å². The maximum Gasteiger partial charge on any atom is 0.301 e. The number of nitrogens with one attached hydrogen (secondary N) is 2. The fraction of sp³-hybridized carbons (Fsp3) is 0.643. The van der Waals surface area contributed by atoms with Crippen LogP contribution in [0.25, 0.3) is 0 Å². The highest BCUT2D eigenvalue weighted by Crippen LogP contribution is 2.15. The highest BCUT2D eigenvalue weighted by atomic mass is 32.2. The van der Waals surface area contributed by atoms with Gasteiger partial charge in [-0.3, -0.25) is 9.71 Å². The summed E-state index contributed by atoms with van der Waals surface area (Å²) in [5.41, 5.74) is 2.07. The van der Waals surface area contributed by atoms with E-state index >= 15 is 0 Å². The molecule has 1 aromatic heterocycles. The number of pyridine rings is 1. The number of aryl methyl sites for hydroxylation is 2. The molecule has 0 saturated carbocycles. The summed E-state index contributed by atoms with van der Waals surface area (Å²) in [6.07, 6.45) is 1.86. The van der Waals surface area contributed by atoms with Crippen molar-refractivity contribution < 1.29 is 8.42 Å². The molecule has 0 aliphatic rings. The molecular formula is C14H26N4O2S. The highest BCUT2D eigenvalue weighted by Gasteiger charge is 2.18. The molecule has 120 valence electrons. The van der Waals surface area contributed by atoms with Crippen molar-refractivity contribution in [3.63, 3.8) is 0 Å². The van der Waals surface area contributed by atoms with E-state index in [0.717, 1.165) is 31.6 Å². The Kier molecular flexibility index (Phi) is 7.07. The van der Waals surface area contributed by atoms with Gasteiger partial charge in [0.15, 0.2) is 0 Å². The number of anilines is 1. The van der Waals surface area contributed by atoms with Gasteiger partial charge in [-0.25, -0.2) is 0 Å². The van der Waals surface area contributed by atoms with Gasteiger partial charge in [-0.15, -0.1) is 0 Å². The molecule has 0 bridgehead atoms. The van der Waals surface area contributed by atoms with Gasteiger partial charge in [0.05, 0.1) is 11.4 Å². The third-order valence-electron chi connectivity index (χ3n) is 3.13. The number of hydrogen-bond donors (Lipinski definition) is 2. The minimum atomic E-state index is -3.53. The van der Waals surface area contributed by atoms with E-state index in [9.17, 15) is 8.42 Å².